The predicted octanol–water partition coefficient (Wildman–Crippen LogP) is 2.75. The number of benzene rings is 2. The third-order valence-electron chi connectivity index (χ3n) is 3.04. The highest BCUT2D eigenvalue weighted by Gasteiger charge is 2.11. The highest BCUT2D eigenvalue weighted by Crippen LogP contribution is 2.22. The van der Waals surface area contributed by atoms with E-state index in [1.807, 2.05) is 6.07 Å². The number of nitrogens with two attached hydrogens (primary N) is 1. The standard InChI is InChI=1S/C18H14ClN3O3/c19-15-6-1-2-7-16(15)22-18(24)13(10-20)8-12-4-3-5-14(9-12)25-11-17(21)23/h1-9H,11H2,(H2,21,23)(H,22,24)/b13-8-. The van der Waals surface area contributed by atoms with Crippen LogP contribution in [0.1, 0.15) is 5.56 Å². The second kappa shape index (κ2) is 8.52. The Balaban J connectivity index is 2.18. The number of primary amides is 1. The molecule has 3 N–H and O–H groups in total. The van der Waals surface area contributed by atoms with E-state index < -0.39 is 11.8 Å². The van der Waals surface area contributed by atoms with Crippen LogP contribution < -0.4 is 15.8 Å². The molecule has 0 fully saturated rings. The minimum Gasteiger partial charge on any atom is -0.484 e. The summed E-state index contributed by atoms with van der Waals surface area (Å²) < 4.78 is 5.19. The number of hydrogen-bond donors (Lipinski definition) is 2. The van der Waals surface area contributed by atoms with E-state index in [0.717, 1.165) is 0 Å². The quantitative estimate of drug-likeness (QED) is 0.613. The van der Waals surface area contributed by atoms with E-state index in [-0.39, 0.29) is 12.2 Å². The minimum absolute atomic E-state index is 0.105. The molecule has 0 aliphatic rings. The molecule has 25 heavy (non-hydrogen) atoms. The number of nitrogens with zero attached hydrogens (tertiary/aromatic N) is 1. The highest BCUT2D eigenvalue weighted by atomic mass is 35.5. The molecule has 126 valence electrons. The third-order valence-corrected chi connectivity index (χ3v) is 3.37. The summed E-state index contributed by atoms with van der Waals surface area (Å²) in [6, 6.07) is 15.1. The average molecular weight is 356 g/mol. The van der Waals surface area contributed by atoms with Crippen LogP contribution in [0.3, 0.4) is 0 Å². The molecule has 2 aromatic rings. The first kappa shape index (κ1) is 18.0. The van der Waals surface area contributed by atoms with Crippen LogP contribution in [-0.2, 0) is 9.59 Å². The maximum atomic E-state index is 12.2. The molecule has 6 nitrogen and oxygen atoms in total. The van der Waals surface area contributed by atoms with Crippen LogP contribution in [0, 0.1) is 11.3 Å². The first-order valence-corrected chi connectivity index (χ1v) is 7.56. The van der Waals surface area contributed by atoms with Gasteiger partial charge in [-0.15, -0.1) is 0 Å². The Labute approximate surface area is 149 Å². The largest absolute Gasteiger partial charge is 0.484 e. The molecule has 0 spiro atoms. The third kappa shape index (κ3) is 5.37. The maximum Gasteiger partial charge on any atom is 0.266 e. The molecule has 2 amide bonds. The van der Waals surface area contributed by atoms with Crippen molar-refractivity contribution in [2.24, 2.45) is 5.73 Å². The van der Waals surface area contributed by atoms with Gasteiger partial charge in [0.15, 0.2) is 6.61 Å². The van der Waals surface area contributed by atoms with Gasteiger partial charge in [-0.25, -0.2) is 0 Å². The summed E-state index contributed by atoms with van der Waals surface area (Å²) >= 11 is 5.99. The fourth-order valence-corrected chi connectivity index (χ4v) is 2.10. The Morgan fingerprint density at radius 2 is 2.00 bits per heavy atom. The van der Waals surface area contributed by atoms with Gasteiger partial charge in [-0.3, -0.25) is 9.59 Å². The van der Waals surface area contributed by atoms with Crippen LogP contribution in [0.15, 0.2) is 54.1 Å². The molecule has 0 saturated heterocycles. The van der Waals surface area contributed by atoms with Crippen LogP contribution in [0.5, 0.6) is 5.75 Å². The molecule has 2 aromatic carbocycles. The van der Waals surface area contributed by atoms with Gasteiger partial charge < -0.3 is 15.8 Å². The van der Waals surface area contributed by atoms with Crippen LogP contribution in [0.2, 0.25) is 5.02 Å². The molecular weight excluding hydrogens is 342 g/mol. The molecule has 0 bridgehead atoms. The van der Waals surface area contributed by atoms with Gasteiger partial charge in [0.2, 0.25) is 0 Å². The van der Waals surface area contributed by atoms with Crippen molar-refractivity contribution in [3.8, 4) is 11.8 Å². The van der Waals surface area contributed by atoms with Crippen LogP contribution in [0.4, 0.5) is 5.69 Å². The smallest absolute Gasteiger partial charge is 0.266 e. The van der Waals surface area contributed by atoms with Gasteiger partial charge in [0.25, 0.3) is 11.8 Å². The van der Waals surface area contributed by atoms with Gasteiger partial charge in [0.1, 0.15) is 17.4 Å². The van der Waals surface area contributed by atoms with E-state index in [0.29, 0.717) is 22.0 Å². The lowest BCUT2D eigenvalue weighted by Crippen LogP contribution is -2.20. The molecule has 0 radical (unpaired) electrons. The van der Waals surface area contributed by atoms with E-state index in [4.69, 9.17) is 22.1 Å². The van der Waals surface area contributed by atoms with Crippen LogP contribution >= 0.6 is 11.6 Å². The van der Waals surface area contributed by atoms with Crippen molar-refractivity contribution in [1.29, 1.82) is 5.26 Å². The molecular formula is C18H14ClN3O3. The molecule has 0 aliphatic heterocycles. The Hall–Kier alpha value is -3.30. The van der Waals surface area contributed by atoms with Gasteiger partial charge in [-0.1, -0.05) is 35.9 Å². The Bertz CT molecular complexity index is 872. The Morgan fingerprint density at radius 3 is 2.68 bits per heavy atom. The van der Waals surface area contributed by atoms with Gasteiger partial charge >= 0.3 is 0 Å². The van der Waals surface area contributed by atoms with E-state index >= 15 is 0 Å². The summed E-state index contributed by atoms with van der Waals surface area (Å²) in [6.07, 6.45) is 1.41. The van der Waals surface area contributed by atoms with Gasteiger partial charge in [-0.05, 0) is 35.9 Å². The van der Waals surface area contributed by atoms with E-state index in [1.54, 1.807) is 48.5 Å². The second-order valence-corrected chi connectivity index (χ2v) is 5.34. The number of hydrogen-bond acceptors (Lipinski definition) is 4. The second-order valence-electron chi connectivity index (χ2n) is 4.93. The van der Waals surface area contributed by atoms with E-state index in [1.165, 1.54) is 6.08 Å². The zero-order valence-electron chi connectivity index (χ0n) is 13.0. The fraction of sp³-hybridized carbons (Fsp3) is 0.0556. The molecule has 0 aliphatic carbocycles. The van der Waals surface area contributed by atoms with Crippen molar-refractivity contribution < 1.29 is 14.3 Å². The lowest BCUT2D eigenvalue weighted by Gasteiger charge is -2.07. The van der Waals surface area contributed by atoms with Crippen molar-refractivity contribution in [2.75, 3.05) is 11.9 Å². The number of para-hydroxylation sites is 1. The first-order valence-electron chi connectivity index (χ1n) is 7.18. The molecule has 7 heteroatoms. The van der Waals surface area contributed by atoms with E-state index in [2.05, 4.69) is 5.32 Å². The number of anilines is 1. The zero-order chi connectivity index (χ0) is 18.2. The van der Waals surface area contributed by atoms with Crippen LogP contribution in [0.25, 0.3) is 6.08 Å². The number of carbonyl (C=O) groups excluding carboxylic acids is 2. The Kier molecular flexibility index (Phi) is 6.15. The fourth-order valence-electron chi connectivity index (χ4n) is 1.92. The average Bonchev–Trinajstić information content (AvgIpc) is 2.60. The number of carbonyl (C=O) groups is 2. The van der Waals surface area contributed by atoms with Crippen molar-refractivity contribution in [3.63, 3.8) is 0 Å². The van der Waals surface area contributed by atoms with Gasteiger partial charge in [0, 0.05) is 0 Å². The summed E-state index contributed by atoms with van der Waals surface area (Å²) in [5, 5.41) is 12.2. The molecule has 0 unspecified atom stereocenters. The number of ether oxygens (including phenoxy) is 1. The van der Waals surface area contributed by atoms with Crippen molar-refractivity contribution in [1.82, 2.24) is 0 Å². The summed E-state index contributed by atoms with van der Waals surface area (Å²) in [5.41, 5.74) is 5.89. The predicted molar refractivity (Wildman–Crippen MR) is 94.8 cm³/mol. The monoisotopic (exact) mass is 355 g/mol. The van der Waals surface area contributed by atoms with Crippen molar-refractivity contribution in [3.05, 3.63) is 64.7 Å². The summed E-state index contributed by atoms with van der Waals surface area (Å²) in [4.78, 5) is 23.0. The van der Waals surface area contributed by atoms with Crippen molar-refractivity contribution >= 4 is 35.2 Å². The molecule has 2 rings (SSSR count). The molecule has 0 heterocycles. The molecule has 0 saturated carbocycles. The summed E-state index contributed by atoms with van der Waals surface area (Å²) in [6.45, 7) is -0.259. The lowest BCUT2D eigenvalue weighted by molar-refractivity contribution is -0.120. The maximum absolute atomic E-state index is 12.2. The summed E-state index contributed by atoms with van der Waals surface area (Å²) in [7, 11) is 0. The number of rotatable bonds is 6. The highest BCUT2D eigenvalue weighted by molar-refractivity contribution is 6.34. The number of halogens is 1. The Morgan fingerprint density at radius 1 is 1.24 bits per heavy atom. The minimum atomic E-state index is -0.599. The molecule has 0 atom stereocenters. The summed E-state index contributed by atoms with van der Waals surface area (Å²) in [5.74, 6) is -0.784. The first-order chi connectivity index (χ1) is 12.0. The molecule has 0 aromatic heterocycles. The van der Waals surface area contributed by atoms with Gasteiger partial charge in [-0.2, -0.15) is 5.26 Å². The zero-order valence-corrected chi connectivity index (χ0v) is 13.8. The van der Waals surface area contributed by atoms with Crippen LogP contribution in [-0.4, -0.2) is 18.4 Å². The number of nitrogens with one attached hydrogen (secondary N) is 1. The van der Waals surface area contributed by atoms with Crippen molar-refractivity contribution in [2.45, 2.75) is 0 Å². The topological polar surface area (TPSA) is 105 Å². The lowest BCUT2D eigenvalue weighted by atomic mass is 10.1. The van der Waals surface area contributed by atoms with E-state index in [9.17, 15) is 14.9 Å². The SMILES string of the molecule is N#C/C(=C/c1cccc(OCC(N)=O)c1)C(=O)Nc1ccccc1Cl. The van der Waals surface area contributed by atoms with Gasteiger partial charge in [0.05, 0.1) is 10.7 Å². The normalized spacial score (nSPS) is 10.6. The number of amides is 2. The number of nitriles is 1.